The Hall–Kier alpha value is -1.32. The van der Waals surface area contributed by atoms with E-state index in [0.29, 0.717) is 12.0 Å². The molecule has 0 amide bonds. The third kappa shape index (κ3) is 3.59. The van der Waals surface area contributed by atoms with Gasteiger partial charge in [-0.25, -0.2) is 9.97 Å². The van der Waals surface area contributed by atoms with Crippen LogP contribution in [0.1, 0.15) is 40.0 Å². The van der Waals surface area contributed by atoms with Crippen molar-refractivity contribution in [2.24, 2.45) is 11.8 Å². The van der Waals surface area contributed by atoms with E-state index >= 15 is 0 Å². The molecule has 4 heteroatoms. The number of anilines is 1. The summed E-state index contributed by atoms with van der Waals surface area (Å²) in [5.74, 6) is 3.01. The smallest absolute Gasteiger partial charge is 0.218 e. The number of nitrogens with zero attached hydrogens (tertiary/aromatic N) is 2. The first kappa shape index (κ1) is 13.1. The Bertz CT molecular complexity index is 373. The Morgan fingerprint density at radius 1 is 1.22 bits per heavy atom. The average molecular weight is 249 g/mol. The molecule has 1 N–H and O–H groups in total. The van der Waals surface area contributed by atoms with Gasteiger partial charge in [0, 0.05) is 12.6 Å². The van der Waals surface area contributed by atoms with Crippen molar-refractivity contribution >= 4 is 5.82 Å². The van der Waals surface area contributed by atoms with Crippen LogP contribution in [0, 0.1) is 11.8 Å². The Labute approximate surface area is 109 Å². The molecular formula is C14H23N3O. The molecule has 1 aliphatic carbocycles. The minimum atomic E-state index is 0.299. The standard InChI is InChI=1S/C14H23N3O/c1-4-15-13-8-14(17-9-16-13)18-12-6-10(2)5-11(3)7-12/h8-12H,4-7H2,1-3H3,(H,15,16,17). The normalized spacial score (nSPS) is 27.8. The van der Waals surface area contributed by atoms with E-state index in [1.807, 2.05) is 13.0 Å². The van der Waals surface area contributed by atoms with Crippen molar-refractivity contribution in [3.63, 3.8) is 0 Å². The molecular weight excluding hydrogens is 226 g/mol. The Morgan fingerprint density at radius 3 is 2.61 bits per heavy atom. The minimum absolute atomic E-state index is 0.299. The van der Waals surface area contributed by atoms with Crippen molar-refractivity contribution in [3.05, 3.63) is 12.4 Å². The summed E-state index contributed by atoms with van der Waals surface area (Å²) in [6, 6.07) is 1.88. The summed E-state index contributed by atoms with van der Waals surface area (Å²) in [6.45, 7) is 7.51. The van der Waals surface area contributed by atoms with Gasteiger partial charge in [0.05, 0.1) is 0 Å². The molecule has 4 nitrogen and oxygen atoms in total. The predicted molar refractivity (Wildman–Crippen MR) is 72.8 cm³/mol. The van der Waals surface area contributed by atoms with Gasteiger partial charge in [-0.3, -0.25) is 0 Å². The van der Waals surface area contributed by atoms with Gasteiger partial charge >= 0.3 is 0 Å². The predicted octanol–water partition coefficient (Wildman–Crippen LogP) is 3.11. The lowest BCUT2D eigenvalue weighted by molar-refractivity contribution is 0.0966. The van der Waals surface area contributed by atoms with Crippen LogP contribution in [0.3, 0.4) is 0 Å². The van der Waals surface area contributed by atoms with E-state index in [2.05, 4.69) is 29.1 Å². The van der Waals surface area contributed by atoms with Gasteiger partial charge in [-0.05, 0) is 38.0 Å². The molecule has 0 saturated heterocycles. The summed E-state index contributed by atoms with van der Waals surface area (Å²) in [5, 5.41) is 3.17. The summed E-state index contributed by atoms with van der Waals surface area (Å²) < 4.78 is 5.99. The van der Waals surface area contributed by atoms with Crippen molar-refractivity contribution in [3.8, 4) is 5.88 Å². The van der Waals surface area contributed by atoms with Gasteiger partial charge in [-0.1, -0.05) is 13.8 Å². The number of ether oxygens (including phenoxy) is 1. The second-order valence-electron chi connectivity index (χ2n) is 5.43. The molecule has 0 radical (unpaired) electrons. The molecule has 18 heavy (non-hydrogen) atoms. The van der Waals surface area contributed by atoms with E-state index in [0.717, 1.165) is 37.0 Å². The number of hydrogen-bond donors (Lipinski definition) is 1. The highest BCUT2D eigenvalue weighted by Gasteiger charge is 2.25. The van der Waals surface area contributed by atoms with E-state index < -0.39 is 0 Å². The highest BCUT2D eigenvalue weighted by molar-refractivity contribution is 5.36. The molecule has 0 spiro atoms. The van der Waals surface area contributed by atoms with Crippen LogP contribution in [-0.2, 0) is 0 Å². The van der Waals surface area contributed by atoms with Crippen LogP contribution in [0.2, 0.25) is 0 Å². The topological polar surface area (TPSA) is 47.0 Å². The molecule has 100 valence electrons. The maximum atomic E-state index is 5.99. The first-order valence-corrected chi connectivity index (χ1v) is 6.90. The molecule has 1 heterocycles. The molecule has 2 rings (SSSR count). The number of aromatic nitrogens is 2. The molecule has 1 saturated carbocycles. The van der Waals surface area contributed by atoms with Crippen LogP contribution < -0.4 is 10.1 Å². The number of rotatable bonds is 4. The monoisotopic (exact) mass is 249 g/mol. The Kier molecular flexibility index (Phi) is 4.39. The minimum Gasteiger partial charge on any atom is -0.474 e. The fourth-order valence-electron chi connectivity index (χ4n) is 2.82. The summed E-state index contributed by atoms with van der Waals surface area (Å²) >= 11 is 0. The van der Waals surface area contributed by atoms with Crippen LogP contribution in [-0.4, -0.2) is 22.6 Å². The molecule has 2 unspecified atom stereocenters. The van der Waals surface area contributed by atoms with E-state index in [9.17, 15) is 0 Å². The highest BCUT2D eigenvalue weighted by atomic mass is 16.5. The zero-order valence-corrected chi connectivity index (χ0v) is 11.5. The van der Waals surface area contributed by atoms with E-state index in [-0.39, 0.29) is 0 Å². The van der Waals surface area contributed by atoms with Gasteiger partial charge in [0.15, 0.2) is 0 Å². The fourth-order valence-corrected chi connectivity index (χ4v) is 2.82. The van der Waals surface area contributed by atoms with Gasteiger partial charge in [-0.2, -0.15) is 0 Å². The third-order valence-electron chi connectivity index (χ3n) is 3.42. The van der Waals surface area contributed by atoms with Gasteiger partial charge in [0.2, 0.25) is 5.88 Å². The fraction of sp³-hybridized carbons (Fsp3) is 0.714. The molecule has 0 bridgehead atoms. The van der Waals surface area contributed by atoms with Crippen molar-refractivity contribution in [1.82, 2.24) is 9.97 Å². The SMILES string of the molecule is CCNc1cc(OC2CC(C)CC(C)C2)ncn1. The second-order valence-corrected chi connectivity index (χ2v) is 5.43. The third-order valence-corrected chi connectivity index (χ3v) is 3.42. The second kappa shape index (κ2) is 6.03. The van der Waals surface area contributed by atoms with Gasteiger partial charge < -0.3 is 10.1 Å². The lowest BCUT2D eigenvalue weighted by Crippen LogP contribution is -2.28. The maximum Gasteiger partial charge on any atom is 0.218 e. The Balaban J connectivity index is 1.97. The van der Waals surface area contributed by atoms with E-state index in [4.69, 9.17) is 4.74 Å². The van der Waals surface area contributed by atoms with E-state index in [1.165, 1.54) is 6.42 Å². The average Bonchev–Trinajstić information content (AvgIpc) is 2.28. The molecule has 1 aromatic rings. The zero-order valence-electron chi connectivity index (χ0n) is 11.5. The highest BCUT2D eigenvalue weighted by Crippen LogP contribution is 2.31. The lowest BCUT2D eigenvalue weighted by atomic mass is 9.82. The number of hydrogen-bond acceptors (Lipinski definition) is 4. The van der Waals surface area contributed by atoms with Gasteiger partial charge in [-0.15, -0.1) is 0 Å². The van der Waals surface area contributed by atoms with Crippen molar-refractivity contribution < 1.29 is 4.74 Å². The largest absolute Gasteiger partial charge is 0.474 e. The summed E-state index contributed by atoms with van der Waals surface area (Å²) in [6.07, 6.45) is 5.43. The van der Waals surface area contributed by atoms with Crippen molar-refractivity contribution in [2.45, 2.75) is 46.1 Å². The van der Waals surface area contributed by atoms with Gasteiger partial charge in [0.1, 0.15) is 18.2 Å². The summed E-state index contributed by atoms with van der Waals surface area (Å²) in [7, 11) is 0. The zero-order chi connectivity index (χ0) is 13.0. The lowest BCUT2D eigenvalue weighted by Gasteiger charge is -2.31. The van der Waals surface area contributed by atoms with Crippen LogP contribution in [0.5, 0.6) is 5.88 Å². The molecule has 1 aliphatic rings. The van der Waals surface area contributed by atoms with Crippen molar-refractivity contribution in [1.29, 1.82) is 0 Å². The van der Waals surface area contributed by atoms with Crippen LogP contribution in [0.25, 0.3) is 0 Å². The molecule has 1 fully saturated rings. The Morgan fingerprint density at radius 2 is 1.94 bits per heavy atom. The van der Waals surface area contributed by atoms with Crippen LogP contribution in [0.15, 0.2) is 12.4 Å². The van der Waals surface area contributed by atoms with Crippen LogP contribution >= 0.6 is 0 Å². The van der Waals surface area contributed by atoms with Gasteiger partial charge in [0.25, 0.3) is 0 Å². The van der Waals surface area contributed by atoms with Crippen molar-refractivity contribution in [2.75, 3.05) is 11.9 Å². The molecule has 0 aromatic carbocycles. The first-order valence-electron chi connectivity index (χ1n) is 6.90. The molecule has 1 aromatic heterocycles. The first-order chi connectivity index (χ1) is 8.67. The van der Waals surface area contributed by atoms with Crippen LogP contribution in [0.4, 0.5) is 5.82 Å². The van der Waals surface area contributed by atoms with E-state index in [1.54, 1.807) is 6.33 Å². The summed E-state index contributed by atoms with van der Waals surface area (Å²) in [4.78, 5) is 8.34. The molecule has 0 aliphatic heterocycles. The molecule has 2 atom stereocenters. The number of nitrogens with one attached hydrogen (secondary N) is 1. The quantitative estimate of drug-likeness (QED) is 0.890. The maximum absolute atomic E-state index is 5.99. The summed E-state index contributed by atoms with van der Waals surface area (Å²) in [5.41, 5.74) is 0.